The Morgan fingerprint density at radius 1 is 1.42 bits per heavy atom. The van der Waals surface area contributed by atoms with E-state index in [1.165, 1.54) is 11.4 Å². The van der Waals surface area contributed by atoms with Crippen LogP contribution in [0.25, 0.3) is 0 Å². The molecule has 2 rings (SSSR count). The molecule has 0 aromatic carbocycles. The topological polar surface area (TPSA) is 32.7 Å². The van der Waals surface area contributed by atoms with Crippen molar-refractivity contribution in [1.29, 1.82) is 0 Å². The molecule has 1 heterocycles. The first-order valence-electron chi connectivity index (χ1n) is 4.53. The van der Waals surface area contributed by atoms with Crippen LogP contribution < -0.4 is 0 Å². The predicted octanol–water partition coefficient (Wildman–Crippen LogP) is 1.25. The summed E-state index contributed by atoms with van der Waals surface area (Å²) in [5.74, 6) is 0.907. The minimum absolute atomic E-state index is 0.211. The van der Waals surface area contributed by atoms with Crippen molar-refractivity contribution in [2.24, 2.45) is 16.9 Å². The molecule has 0 bridgehead atoms. The van der Waals surface area contributed by atoms with Crippen LogP contribution in [0.5, 0.6) is 0 Å². The van der Waals surface area contributed by atoms with Crippen molar-refractivity contribution in [3.63, 3.8) is 0 Å². The normalized spacial score (nSPS) is 35.0. The van der Waals surface area contributed by atoms with Gasteiger partial charge in [-0.3, -0.25) is 4.79 Å². The molecule has 1 amide bonds. The van der Waals surface area contributed by atoms with Crippen LogP contribution in [0, 0.1) is 11.8 Å². The fourth-order valence-electron chi connectivity index (χ4n) is 2.36. The van der Waals surface area contributed by atoms with E-state index in [1.54, 1.807) is 7.05 Å². The lowest BCUT2D eigenvalue weighted by Gasteiger charge is -2.28. The molecule has 0 radical (unpaired) electrons. The van der Waals surface area contributed by atoms with Crippen LogP contribution in [0.1, 0.15) is 26.2 Å². The van der Waals surface area contributed by atoms with Crippen LogP contribution in [-0.2, 0) is 4.79 Å². The summed E-state index contributed by atoms with van der Waals surface area (Å²) in [6.45, 7) is 2.03. The van der Waals surface area contributed by atoms with Crippen LogP contribution in [0.2, 0.25) is 0 Å². The Hall–Kier alpha value is -0.860. The number of nitrogens with zero attached hydrogens (tertiary/aromatic N) is 2. The molecule has 12 heavy (non-hydrogen) atoms. The molecule has 1 fully saturated rings. The SMILES string of the molecule is CC1=NN(C)C(=O)C2CCCC12. The average molecular weight is 166 g/mol. The van der Waals surface area contributed by atoms with Gasteiger partial charge in [-0.2, -0.15) is 5.10 Å². The van der Waals surface area contributed by atoms with E-state index in [-0.39, 0.29) is 11.8 Å². The summed E-state index contributed by atoms with van der Waals surface area (Å²) in [6.07, 6.45) is 3.39. The van der Waals surface area contributed by atoms with E-state index in [0.29, 0.717) is 5.92 Å². The van der Waals surface area contributed by atoms with E-state index < -0.39 is 0 Å². The molecule has 2 unspecified atom stereocenters. The minimum atomic E-state index is 0.211. The minimum Gasteiger partial charge on any atom is -0.273 e. The first kappa shape index (κ1) is 7.77. The number of carbonyl (C=O) groups is 1. The summed E-state index contributed by atoms with van der Waals surface area (Å²) < 4.78 is 0. The molecular formula is C9H14N2O. The van der Waals surface area contributed by atoms with Crippen LogP contribution in [0.3, 0.4) is 0 Å². The molecule has 1 saturated carbocycles. The zero-order valence-corrected chi connectivity index (χ0v) is 7.58. The number of amides is 1. The highest BCUT2D eigenvalue weighted by molar-refractivity contribution is 5.94. The summed E-state index contributed by atoms with van der Waals surface area (Å²) in [5, 5.41) is 5.71. The van der Waals surface area contributed by atoms with Gasteiger partial charge in [-0.1, -0.05) is 6.42 Å². The van der Waals surface area contributed by atoms with Gasteiger partial charge in [0.1, 0.15) is 0 Å². The third kappa shape index (κ3) is 0.958. The van der Waals surface area contributed by atoms with Gasteiger partial charge >= 0.3 is 0 Å². The van der Waals surface area contributed by atoms with Gasteiger partial charge in [0, 0.05) is 24.6 Å². The maximum Gasteiger partial charge on any atom is 0.246 e. The van der Waals surface area contributed by atoms with Gasteiger partial charge in [0.25, 0.3) is 0 Å². The number of hydrazone groups is 1. The number of carbonyl (C=O) groups excluding carboxylic acids is 1. The Kier molecular flexibility index (Phi) is 1.67. The molecule has 3 nitrogen and oxygen atoms in total. The van der Waals surface area contributed by atoms with Gasteiger partial charge in [-0.25, -0.2) is 5.01 Å². The number of rotatable bonds is 0. The summed E-state index contributed by atoms with van der Waals surface area (Å²) in [7, 11) is 1.75. The molecule has 0 aromatic heterocycles. The monoisotopic (exact) mass is 166 g/mol. The smallest absolute Gasteiger partial charge is 0.246 e. The van der Waals surface area contributed by atoms with E-state index in [1.807, 2.05) is 6.92 Å². The standard InChI is InChI=1S/C9H14N2O/c1-6-7-4-3-5-8(7)9(12)11(2)10-6/h7-8H,3-5H2,1-2H3. The van der Waals surface area contributed by atoms with Crippen LogP contribution in [0.15, 0.2) is 5.10 Å². The van der Waals surface area contributed by atoms with Crippen molar-refractivity contribution in [3.05, 3.63) is 0 Å². The third-order valence-electron chi connectivity index (χ3n) is 3.00. The molecule has 3 heteroatoms. The van der Waals surface area contributed by atoms with Crippen LogP contribution in [0.4, 0.5) is 0 Å². The lowest BCUT2D eigenvalue weighted by atomic mass is 9.90. The third-order valence-corrected chi connectivity index (χ3v) is 3.00. The quantitative estimate of drug-likeness (QED) is 0.533. The Morgan fingerprint density at radius 2 is 2.08 bits per heavy atom. The zero-order valence-electron chi connectivity index (χ0n) is 7.58. The molecule has 2 atom stereocenters. The molecule has 2 aliphatic rings. The van der Waals surface area contributed by atoms with Crippen molar-refractivity contribution >= 4 is 11.6 Å². The zero-order chi connectivity index (χ0) is 8.72. The van der Waals surface area contributed by atoms with E-state index in [9.17, 15) is 4.79 Å². The maximum atomic E-state index is 11.6. The van der Waals surface area contributed by atoms with Crippen molar-refractivity contribution in [3.8, 4) is 0 Å². The lowest BCUT2D eigenvalue weighted by Crippen LogP contribution is -2.39. The maximum absolute atomic E-state index is 11.6. The second-order valence-corrected chi connectivity index (χ2v) is 3.75. The molecule has 0 saturated heterocycles. The first-order valence-corrected chi connectivity index (χ1v) is 4.53. The van der Waals surface area contributed by atoms with Crippen molar-refractivity contribution in [2.75, 3.05) is 7.05 Å². The van der Waals surface area contributed by atoms with Gasteiger partial charge in [0.2, 0.25) is 5.91 Å². The number of hydrogen-bond donors (Lipinski definition) is 0. The summed E-state index contributed by atoms with van der Waals surface area (Å²) in [5.41, 5.74) is 1.14. The summed E-state index contributed by atoms with van der Waals surface area (Å²) >= 11 is 0. The van der Waals surface area contributed by atoms with Gasteiger partial charge < -0.3 is 0 Å². The van der Waals surface area contributed by atoms with Gasteiger partial charge in [-0.15, -0.1) is 0 Å². The number of hydrogen-bond acceptors (Lipinski definition) is 2. The molecule has 1 aliphatic carbocycles. The second-order valence-electron chi connectivity index (χ2n) is 3.75. The fourth-order valence-corrected chi connectivity index (χ4v) is 2.36. The summed E-state index contributed by atoms with van der Waals surface area (Å²) in [6, 6.07) is 0. The predicted molar refractivity (Wildman–Crippen MR) is 46.7 cm³/mol. The highest BCUT2D eigenvalue weighted by atomic mass is 16.2. The molecule has 66 valence electrons. The Balaban J connectivity index is 2.31. The van der Waals surface area contributed by atoms with Gasteiger partial charge in [-0.05, 0) is 19.8 Å². The highest BCUT2D eigenvalue weighted by Gasteiger charge is 2.39. The Labute approximate surface area is 72.4 Å². The molecule has 0 spiro atoms. The Morgan fingerprint density at radius 3 is 2.83 bits per heavy atom. The second kappa shape index (κ2) is 2.57. The lowest BCUT2D eigenvalue weighted by molar-refractivity contribution is -0.135. The molecule has 0 N–H and O–H groups in total. The largest absolute Gasteiger partial charge is 0.273 e. The molecular weight excluding hydrogens is 152 g/mol. The van der Waals surface area contributed by atoms with Crippen LogP contribution >= 0.6 is 0 Å². The molecule has 0 aromatic rings. The van der Waals surface area contributed by atoms with E-state index >= 15 is 0 Å². The fraction of sp³-hybridized carbons (Fsp3) is 0.778. The van der Waals surface area contributed by atoms with E-state index in [0.717, 1.165) is 18.6 Å². The van der Waals surface area contributed by atoms with Crippen molar-refractivity contribution in [2.45, 2.75) is 26.2 Å². The van der Waals surface area contributed by atoms with Gasteiger partial charge in [0.05, 0.1) is 0 Å². The first-order chi connectivity index (χ1) is 5.70. The summed E-state index contributed by atoms with van der Waals surface area (Å²) in [4.78, 5) is 11.6. The number of fused-ring (bicyclic) bond motifs is 1. The van der Waals surface area contributed by atoms with Crippen LogP contribution in [-0.4, -0.2) is 23.7 Å². The Bertz CT molecular complexity index is 247. The molecule has 1 aliphatic heterocycles. The van der Waals surface area contributed by atoms with Crippen molar-refractivity contribution < 1.29 is 4.79 Å². The van der Waals surface area contributed by atoms with E-state index in [4.69, 9.17) is 0 Å². The average Bonchev–Trinajstić information content (AvgIpc) is 2.48. The van der Waals surface area contributed by atoms with E-state index in [2.05, 4.69) is 5.10 Å². The van der Waals surface area contributed by atoms with Gasteiger partial charge in [0.15, 0.2) is 0 Å². The van der Waals surface area contributed by atoms with Crippen molar-refractivity contribution in [1.82, 2.24) is 5.01 Å². The highest BCUT2D eigenvalue weighted by Crippen LogP contribution is 2.36.